The first-order valence-electron chi connectivity index (χ1n) is 8.05. The van der Waals surface area contributed by atoms with Crippen molar-refractivity contribution in [3.63, 3.8) is 0 Å². The molecule has 0 N–H and O–H groups in total. The van der Waals surface area contributed by atoms with Gasteiger partial charge < -0.3 is 4.57 Å². The second kappa shape index (κ2) is 6.94. The Morgan fingerprint density at radius 3 is 2.80 bits per heavy atom. The number of benzene rings is 1. The van der Waals surface area contributed by atoms with E-state index in [1.165, 1.54) is 16.4 Å². The number of sulfonamides is 1. The van der Waals surface area contributed by atoms with Crippen LogP contribution in [0.5, 0.6) is 0 Å². The minimum atomic E-state index is -3.54. The van der Waals surface area contributed by atoms with Crippen LogP contribution in [0.15, 0.2) is 24.4 Å². The highest BCUT2D eigenvalue weighted by Crippen LogP contribution is 2.19. The number of imidazole rings is 1. The molecule has 0 radical (unpaired) electrons. The van der Waals surface area contributed by atoms with Gasteiger partial charge in [0.05, 0.1) is 30.1 Å². The van der Waals surface area contributed by atoms with Crippen molar-refractivity contribution in [2.75, 3.05) is 6.26 Å². The highest BCUT2D eigenvalue weighted by Gasteiger charge is 2.22. The maximum absolute atomic E-state index is 14.1. The molecule has 0 amide bonds. The Morgan fingerprint density at radius 1 is 1.36 bits per heavy atom. The van der Waals surface area contributed by atoms with E-state index in [1.807, 2.05) is 12.3 Å². The van der Waals surface area contributed by atoms with E-state index in [0.29, 0.717) is 5.69 Å². The largest absolute Gasteiger partial charge is 0.335 e. The lowest BCUT2D eigenvalue weighted by Crippen LogP contribution is -2.29. The van der Waals surface area contributed by atoms with Crippen LogP contribution in [0.25, 0.3) is 0 Å². The summed E-state index contributed by atoms with van der Waals surface area (Å²) in [7, 11) is -3.54. The monoisotopic (exact) mass is 362 g/mol. The van der Waals surface area contributed by atoms with Crippen molar-refractivity contribution in [2.24, 2.45) is 0 Å². The minimum absolute atomic E-state index is 0.0955. The summed E-state index contributed by atoms with van der Waals surface area (Å²) >= 11 is 0. The molecule has 0 fully saturated rings. The number of aromatic nitrogens is 2. The maximum Gasteiger partial charge on any atom is 0.211 e. The highest BCUT2D eigenvalue weighted by molar-refractivity contribution is 7.88. The van der Waals surface area contributed by atoms with Crippen molar-refractivity contribution in [1.82, 2.24) is 13.9 Å². The highest BCUT2D eigenvalue weighted by atomic mass is 32.2. The fourth-order valence-electron chi connectivity index (χ4n) is 2.95. The quantitative estimate of drug-likeness (QED) is 0.817. The standard InChI is InChI=1S/C17H19FN4O2S/c1-25(23,24)22(10-14-6-5-13(9-19)8-16(14)18)12-15-11-21-7-3-2-4-17(21)20-15/h5-6,8,11H,2-4,7,10,12H2,1H3. The smallest absolute Gasteiger partial charge is 0.211 e. The first-order valence-corrected chi connectivity index (χ1v) is 9.90. The summed E-state index contributed by atoms with van der Waals surface area (Å²) in [5.74, 6) is 0.385. The number of nitrogens with zero attached hydrogens (tertiary/aromatic N) is 4. The fraction of sp³-hybridized carbons (Fsp3) is 0.412. The molecular weight excluding hydrogens is 343 g/mol. The van der Waals surface area contributed by atoms with Crippen LogP contribution in [0.4, 0.5) is 4.39 Å². The van der Waals surface area contributed by atoms with Gasteiger partial charge in [-0.15, -0.1) is 0 Å². The lowest BCUT2D eigenvalue weighted by molar-refractivity contribution is 0.394. The third-order valence-electron chi connectivity index (χ3n) is 4.29. The predicted molar refractivity (Wildman–Crippen MR) is 90.4 cm³/mol. The average molecular weight is 362 g/mol. The number of rotatable bonds is 5. The zero-order valence-corrected chi connectivity index (χ0v) is 14.8. The Hall–Kier alpha value is -2.24. The Kier molecular flexibility index (Phi) is 4.88. The molecule has 0 unspecified atom stereocenters. The van der Waals surface area contributed by atoms with E-state index in [4.69, 9.17) is 5.26 Å². The molecule has 0 saturated carbocycles. The molecule has 2 heterocycles. The van der Waals surface area contributed by atoms with Gasteiger partial charge in [-0.2, -0.15) is 9.57 Å². The second-order valence-corrected chi connectivity index (χ2v) is 8.23. The molecule has 1 aromatic carbocycles. The first-order chi connectivity index (χ1) is 11.9. The molecule has 0 bridgehead atoms. The van der Waals surface area contributed by atoms with Gasteiger partial charge in [-0.1, -0.05) is 6.07 Å². The van der Waals surface area contributed by atoms with Gasteiger partial charge >= 0.3 is 0 Å². The maximum atomic E-state index is 14.1. The van der Waals surface area contributed by atoms with Crippen LogP contribution in [-0.2, 0) is 36.1 Å². The third-order valence-corrected chi connectivity index (χ3v) is 5.49. The zero-order chi connectivity index (χ0) is 18.0. The lowest BCUT2D eigenvalue weighted by Gasteiger charge is -2.19. The number of hydrogen-bond acceptors (Lipinski definition) is 4. The summed E-state index contributed by atoms with van der Waals surface area (Å²) in [6, 6.07) is 5.91. The Bertz CT molecular complexity index is 907. The summed E-state index contributed by atoms with van der Waals surface area (Å²) < 4.78 is 41.6. The summed E-state index contributed by atoms with van der Waals surface area (Å²) in [5, 5.41) is 8.81. The molecule has 8 heteroatoms. The molecule has 1 aliphatic rings. The van der Waals surface area contributed by atoms with Crippen molar-refractivity contribution in [3.05, 3.63) is 52.9 Å². The molecule has 132 valence electrons. The number of nitriles is 1. The molecule has 0 atom stereocenters. The predicted octanol–water partition coefficient (Wildman–Crippen LogP) is 2.19. The molecule has 0 aliphatic carbocycles. The van der Waals surface area contributed by atoms with Crippen molar-refractivity contribution in [2.45, 2.75) is 38.9 Å². The summed E-state index contributed by atoms with van der Waals surface area (Å²) in [6.45, 7) is 0.891. The van der Waals surface area contributed by atoms with Gasteiger partial charge in [0.15, 0.2) is 0 Å². The van der Waals surface area contributed by atoms with E-state index in [0.717, 1.165) is 44.0 Å². The van der Waals surface area contributed by atoms with Crippen molar-refractivity contribution >= 4 is 10.0 Å². The third kappa shape index (κ3) is 4.06. The number of halogens is 1. The number of hydrogen-bond donors (Lipinski definition) is 0. The van der Waals surface area contributed by atoms with Gasteiger partial charge in [0.25, 0.3) is 0 Å². The van der Waals surface area contributed by atoms with Crippen molar-refractivity contribution in [1.29, 1.82) is 5.26 Å². The first kappa shape index (κ1) is 17.6. The molecule has 25 heavy (non-hydrogen) atoms. The Balaban J connectivity index is 1.83. The minimum Gasteiger partial charge on any atom is -0.335 e. The van der Waals surface area contributed by atoms with Crippen LogP contribution >= 0.6 is 0 Å². The van der Waals surface area contributed by atoms with Crippen LogP contribution < -0.4 is 0 Å². The van der Waals surface area contributed by atoms with Crippen molar-refractivity contribution < 1.29 is 12.8 Å². The normalized spacial score (nSPS) is 14.3. The van der Waals surface area contributed by atoms with E-state index in [9.17, 15) is 12.8 Å². The molecule has 1 aliphatic heterocycles. The van der Waals surface area contributed by atoms with E-state index in [2.05, 4.69) is 9.55 Å². The van der Waals surface area contributed by atoms with Crippen LogP contribution in [0, 0.1) is 17.1 Å². The summed E-state index contributed by atoms with van der Waals surface area (Å²) in [4.78, 5) is 4.52. The van der Waals surface area contributed by atoms with Crippen LogP contribution in [0.3, 0.4) is 0 Å². The molecule has 1 aromatic heterocycles. The topological polar surface area (TPSA) is 79.0 Å². The Morgan fingerprint density at radius 2 is 2.16 bits per heavy atom. The second-order valence-electron chi connectivity index (χ2n) is 6.25. The lowest BCUT2D eigenvalue weighted by atomic mass is 10.1. The fourth-order valence-corrected chi connectivity index (χ4v) is 3.69. The molecule has 0 spiro atoms. The molecule has 2 aromatic rings. The number of aryl methyl sites for hydroxylation is 2. The SMILES string of the molecule is CS(=O)(=O)N(Cc1cn2c(n1)CCCC2)Cc1ccc(C#N)cc1F. The molecule has 0 saturated heterocycles. The average Bonchev–Trinajstić information content (AvgIpc) is 2.97. The number of fused-ring (bicyclic) bond motifs is 1. The van der Waals surface area contributed by atoms with Gasteiger partial charge in [0.1, 0.15) is 11.6 Å². The van der Waals surface area contributed by atoms with Crippen molar-refractivity contribution in [3.8, 4) is 6.07 Å². The molecule has 6 nitrogen and oxygen atoms in total. The van der Waals surface area contributed by atoms with E-state index in [1.54, 1.807) is 0 Å². The van der Waals surface area contributed by atoms with Crippen LogP contribution in [0.2, 0.25) is 0 Å². The van der Waals surface area contributed by atoms with Crippen LogP contribution in [0.1, 0.15) is 35.5 Å². The molecule has 3 rings (SSSR count). The Labute approximate surface area is 146 Å². The van der Waals surface area contributed by atoms with Gasteiger partial charge in [-0.25, -0.2) is 17.8 Å². The van der Waals surface area contributed by atoms with Gasteiger partial charge in [-0.3, -0.25) is 0 Å². The summed E-state index contributed by atoms with van der Waals surface area (Å²) in [6.07, 6.45) is 6.05. The summed E-state index contributed by atoms with van der Waals surface area (Å²) in [5.41, 5.74) is 1.10. The van der Waals surface area contributed by atoms with E-state index in [-0.39, 0.29) is 24.2 Å². The van der Waals surface area contributed by atoms with E-state index >= 15 is 0 Å². The van der Waals surface area contributed by atoms with E-state index < -0.39 is 15.8 Å². The van der Waals surface area contributed by atoms with Gasteiger partial charge in [0, 0.05) is 31.3 Å². The van der Waals surface area contributed by atoms with Gasteiger partial charge in [0.2, 0.25) is 10.0 Å². The molecular formula is C17H19FN4O2S. The van der Waals surface area contributed by atoms with Crippen LogP contribution in [-0.4, -0.2) is 28.5 Å². The zero-order valence-electron chi connectivity index (χ0n) is 13.9. The van der Waals surface area contributed by atoms with Gasteiger partial charge in [-0.05, 0) is 25.0 Å².